The van der Waals surface area contributed by atoms with Crippen molar-refractivity contribution in [2.45, 2.75) is 43.5 Å². The smallest absolute Gasteiger partial charge is 0.240 e. The molecule has 1 aromatic rings. The van der Waals surface area contributed by atoms with Gasteiger partial charge in [-0.2, -0.15) is 0 Å². The zero-order valence-electron chi connectivity index (χ0n) is 11.7. The topological polar surface area (TPSA) is 92.4 Å². The number of nitrogens with two attached hydrogens (primary N) is 1. The van der Waals surface area contributed by atoms with Gasteiger partial charge in [0.15, 0.2) is 0 Å². The number of hydrogen-bond donors (Lipinski definition) is 3. The van der Waals surface area contributed by atoms with Crippen molar-refractivity contribution >= 4 is 15.7 Å². The van der Waals surface area contributed by atoms with Gasteiger partial charge in [0.25, 0.3) is 0 Å². The normalized spacial score (nSPS) is 23.7. The van der Waals surface area contributed by atoms with Crippen molar-refractivity contribution in [3.05, 3.63) is 23.8 Å². The van der Waals surface area contributed by atoms with Crippen LogP contribution in [0.1, 0.15) is 31.2 Å². The first-order valence-electron chi connectivity index (χ1n) is 6.93. The average Bonchev–Trinajstić information content (AvgIpc) is 2.42. The van der Waals surface area contributed by atoms with E-state index in [9.17, 15) is 13.5 Å². The Morgan fingerprint density at radius 1 is 1.35 bits per heavy atom. The molecule has 4 N–H and O–H groups in total. The third kappa shape index (κ3) is 3.31. The Bertz CT molecular complexity index is 572. The summed E-state index contributed by atoms with van der Waals surface area (Å²) in [5.41, 5.74) is 7.10. The summed E-state index contributed by atoms with van der Waals surface area (Å²) in [6.45, 7) is 1.85. The molecular formula is C14H22N2O3S. The van der Waals surface area contributed by atoms with E-state index in [2.05, 4.69) is 4.72 Å². The second-order valence-electron chi connectivity index (χ2n) is 5.47. The number of nitrogen functional groups attached to an aromatic ring is 1. The Morgan fingerprint density at radius 2 is 2.05 bits per heavy atom. The van der Waals surface area contributed by atoms with E-state index in [0.717, 1.165) is 31.2 Å². The third-order valence-corrected chi connectivity index (χ3v) is 5.50. The van der Waals surface area contributed by atoms with E-state index in [-0.39, 0.29) is 23.5 Å². The Hall–Kier alpha value is -1.11. The minimum absolute atomic E-state index is 0.00122. The molecule has 0 aliphatic heterocycles. The van der Waals surface area contributed by atoms with Gasteiger partial charge >= 0.3 is 0 Å². The number of aliphatic hydroxyl groups excluding tert-OH is 1. The maximum atomic E-state index is 12.4. The second-order valence-corrected chi connectivity index (χ2v) is 7.19. The van der Waals surface area contributed by atoms with Crippen LogP contribution in [0.15, 0.2) is 23.1 Å². The van der Waals surface area contributed by atoms with Crippen LogP contribution in [0.3, 0.4) is 0 Å². The monoisotopic (exact) mass is 298 g/mol. The largest absolute Gasteiger partial charge is 0.398 e. The molecular weight excluding hydrogens is 276 g/mol. The standard InChI is InChI=1S/C14H22N2O3S/c1-10-6-7-12(8-13(10)15)20(18,19)16-14-5-3-2-4-11(14)9-17/h6-8,11,14,16-17H,2-5,9,15H2,1H3. The van der Waals surface area contributed by atoms with Gasteiger partial charge in [-0.15, -0.1) is 0 Å². The minimum Gasteiger partial charge on any atom is -0.398 e. The average molecular weight is 298 g/mol. The maximum Gasteiger partial charge on any atom is 0.240 e. The van der Waals surface area contributed by atoms with Crippen molar-refractivity contribution < 1.29 is 13.5 Å². The molecule has 0 heterocycles. The van der Waals surface area contributed by atoms with Crippen LogP contribution < -0.4 is 10.5 Å². The van der Waals surface area contributed by atoms with E-state index in [0.29, 0.717) is 5.69 Å². The molecule has 2 atom stereocenters. The zero-order chi connectivity index (χ0) is 14.8. The van der Waals surface area contributed by atoms with Gasteiger partial charge in [0.1, 0.15) is 0 Å². The zero-order valence-corrected chi connectivity index (χ0v) is 12.5. The summed E-state index contributed by atoms with van der Waals surface area (Å²) in [7, 11) is -3.58. The highest BCUT2D eigenvalue weighted by Crippen LogP contribution is 2.26. The molecule has 0 saturated heterocycles. The van der Waals surface area contributed by atoms with Crippen molar-refractivity contribution in [2.24, 2.45) is 5.92 Å². The number of aryl methyl sites for hydroxylation is 1. The summed E-state index contributed by atoms with van der Waals surface area (Å²) in [5, 5.41) is 9.35. The highest BCUT2D eigenvalue weighted by molar-refractivity contribution is 7.89. The quantitative estimate of drug-likeness (QED) is 0.733. The number of benzene rings is 1. The number of sulfonamides is 1. The van der Waals surface area contributed by atoms with Crippen molar-refractivity contribution in [3.8, 4) is 0 Å². The Balaban J connectivity index is 2.19. The molecule has 1 fully saturated rings. The Morgan fingerprint density at radius 3 is 2.70 bits per heavy atom. The molecule has 5 nitrogen and oxygen atoms in total. The molecule has 0 aromatic heterocycles. The highest BCUT2D eigenvalue weighted by Gasteiger charge is 2.29. The first-order valence-corrected chi connectivity index (χ1v) is 8.41. The summed E-state index contributed by atoms with van der Waals surface area (Å²) in [5.74, 6) is 0.00122. The molecule has 1 aromatic carbocycles. The molecule has 0 radical (unpaired) electrons. The molecule has 2 rings (SSSR count). The van der Waals surface area contributed by atoms with Crippen LogP contribution in [0.25, 0.3) is 0 Å². The molecule has 0 spiro atoms. The van der Waals surface area contributed by atoms with Crippen molar-refractivity contribution in [3.63, 3.8) is 0 Å². The van der Waals surface area contributed by atoms with Crippen molar-refractivity contribution in [1.29, 1.82) is 0 Å². The first kappa shape index (κ1) is 15.3. The van der Waals surface area contributed by atoms with Crippen LogP contribution in [0, 0.1) is 12.8 Å². The van der Waals surface area contributed by atoms with Crippen LogP contribution in [0.4, 0.5) is 5.69 Å². The van der Waals surface area contributed by atoms with Crippen LogP contribution in [-0.4, -0.2) is 26.2 Å². The fourth-order valence-corrected chi connectivity index (χ4v) is 4.01. The number of anilines is 1. The molecule has 1 saturated carbocycles. The van der Waals surface area contributed by atoms with Crippen molar-refractivity contribution in [1.82, 2.24) is 4.72 Å². The van der Waals surface area contributed by atoms with Gasteiger partial charge < -0.3 is 10.8 Å². The summed E-state index contributed by atoms with van der Waals surface area (Å²) in [4.78, 5) is 0.183. The SMILES string of the molecule is Cc1ccc(S(=O)(=O)NC2CCCCC2CO)cc1N. The van der Waals surface area contributed by atoms with Crippen LogP contribution in [-0.2, 0) is 10.0 Å². The van der Waals surface area contributed by atoms with Gasteiger partial charge in [0.2, 0.25) is 10.0 Å². The molecule has 2 unspecified atom stereocenters. The van der Waals surface area contributed by atoms with Gasteiger partial charge in [-0.3, -0.25) is 0 Å². The van der Waals surface area contributed by atoms with E-state index < -0.39 is 10.0 Å². The van der Waals surface area contributed by atoms with Crippen LogP contribution >= 0.6 is 0 Å². The lowest BCUT2D eigenvalue weighted by molar-refractivity contribution is 0.164. The third-order valence-electron chi connectivity index (χ3n) is 4.01. The lowest BCUT2D eigenvalue weighted by Crippen LogP contribution is -2.43. The summed E-state index contributed by atoms with van der Waals surface area (Å²) in [6, 6.07) is 4.55. The van der Waals surface area contributed by atoms with E-state index in [1.54, 1.807) is 12.1 Å². The fourth-order valence-electron chi connectivity index (χ4n) is 2.63. The molecule has 112 valence electrons. The maximum absolute atomic E-state index is 12.4. The van der Waals surface area contributed by atoms with E-state index in [1.807, 2.05) is 6.92 Å². The lowest BCUT2D eigenvalue weighted by atomic mass is 9.86. The lowest BCUT2D eigenvalue weighted by Gasteiger charge is -2.30. The molecule has 0 amide bonds. The van der Waals surface area contributed by atoms with Gasteiger partial charge in [-0.25, -0.2) is 13.1 Å². The van der Waals surface area contributed by atoms with E-state index in [1.165, 1.54) is 6.07 Å². The summed E-state index contributed by atoms with van der Waals surface area (Å²) < 4.78 is 27.5. The predicted molar refractivity (Wildman–Crippen MR) is 78.7 cm³/mol. The Labute approximate surface area is 120 Å². The number of aliphatic hydroxyl groups is 1. The van der Waals surface area contributed by atoms with Gasteiger partial charge in [0, 0.05) is 18.3 Å². The van der Waals surface area contributed by atoms with Gasteiger partial charge in [-0.1, -0.05) is 18.9 Å². The highest BCUT2D eigenvalue weighted by atomic mass is 32.2. The molecule has 6 heteroatoms. The summed E-state index contributed by atoms with van der Waals surface area (Å²) >= 11 is 0. The molecule has 1 aliphatic rings. The number of hydrogen-bond acceptors (Lipinski definition) is 4. The first-order chi connectivity index (χ1) is 9.44. The van der Waals surface area contributed by atoms with Crippen LogP contribution in [0.5, 0.6) is 0 Å². The predicted octanol–water partition coefficient (Wildman–Crippen LogP) is 1.41. The van der Waals surface area contributed by atoms with Crippen LogP contribution in [0.2, 0.25) is 0 Å². The summed E-state index contributed by atoms with van der Waals surface area (Å²) in [6.07, 6.45) is 3.66. The fraction of sp³-hybridized carbons (Fsp3) is 0.571. The molecule has 1 aliphatic carbocycles. The van der Waals surface area contributed by atoms with E-state index in [4.69, 9.17) is 5.73 Å². The Kier molecular flexibility index (Phi) is 4.67. The molecule has 20 heavy (non-hydrogen) atoms. The van der Waals surface area contributed by atoms with Crippen molar-refractivity contribution in [2.75, 3.05) is 12.3 Å². The minimum atomic E-state index is -3.58. The van der Waals surface area contributed by atoms with Gasteiger partial charge in [-0.05, 0) is 43.4 Å². The second kappa shape index (κ2) is 6.11. The molecule has 0 bridgehead atoms. The van der Waals surface area contributed by atoms with Gasteiger partial charge in [0.05, 0.1) is 4.90 Å². The number of rotatable bonds is 4. The number of nitrogens with one attached hydrogen (secondary N) is 1. The van der Waals surface area contributed by atoms with E-state index >= 15 is 0 Å².